The van der Waals surface area contributed by atoms with Crippen LogP contribution in [-0.2, 0) is 9.53 Å². The molecule has 0 aliphatic heterocycles. The number of carbonyl (C=O) groups is 2. The minimum absolute atomic E-state index is 0.0555. The molecule has 0 spiro atoms. The fourth-order valence-corrected chi connectivity index (χ4v) is 2.29. The van der Waals surface area contributed by atoms with Gasteiger partial charge in [-0.2, -0.15) is 0 Å². The van der Waals surface area contributed by atoms with Gasteiger partial charge < -0.3 is 15.8 Å². The normalized spacial score (nSPS) is 10.2. The molecule has 0 unspecified atom stereocenters. The van der Waals surface area contributed by atoms with Crippen LogP contribution in [0.5, 0.6) is 0 Å². The molecule has 0 aliphatic rings. The Labute approximate surface area is 143 Å². The number of anilines is 2. The van der Waals surface area contributed by atoms with Crippen molar-refractivity contribution < 1.29 is 19.2 Å². The first-order chi connectivity index (χ1) is 11.8. The molecule has 2 aromatic rings. The highest BCUT2D eigenvalue weighted by Crippen LogP contribution is 2.22. The molecule has 0 aromatic heterocycles. The van der Waals surface area contributed by atoms with Crippen LogP contribution < -0.4 is 11.1 Å². The van der Waals surface area contributed by atoms with E-state index in [1.165, 1.54) is 12.1 Å². The van der Waals surface area contributed by atoms with Crippen molar-refractivity contribution in [1.82, 2.24) is 0 Å². The zero-order valence-corrected chi connectivity index (χ0v) is 13.7. The fraction of sp³-hybridized carbons (Fsp3) is 0.176. The van der Waals surface area contributed by atoms with Crippen LogP contribution in [0.4, 0.5) is 17.1 Å². The number of nitrogens with one attached hydrogen (secondary N) is 1. The molecule has 0 aliphatic carbocycles. The van der Waals surface area contributed by atoms with E-state index >= 15 is 0 Å². The van der Waals surface area contributed by atoms with Crippen molar-refractivity contribution in [1.29, 1.82) is 0 Å². The van der Waals surface area contributed by atoms with Crippen LogP contribution in [0.1, 0.15) is 21.5 Å². The topological polar surface area (TPSA) is 125 Å². The highest BCUT2D eigenvalue weighted by atomic mass is 16.6. The second kappa shape index (κ2) is 7.43. The maximum Gasteiger partial charge on any atom is 0.338 e. The van der Waals surface area contributed by atoms with Gasteiger partial charge in [-0.1, -0.05) is 6.07 Å². The number of amides is 1. The number of nitro benzene ring substituents is 1. The maximum atomic E-state index is 11.9. The third-order valence-corrected chi connectivity index (χ3v) is 3.30. The predicted molar refractivity (Wildman–Crippen MR) is 92.3 cm³/mol. The van der Waals surface area contributed by atoms with Gasteiger partial charge in [0.25, 0.3) is 11.6 Å². The van der Waals surface area contributed by atoms with Crippen LogP contribution >= 0.6 is 0 Å². The number of aryl methyl sites for hydroxylation is 2. The third kappa shape index (κ3) is 4.77. The summed E-state index contributed by atoms with van der Waals surface area (Å²) in [6.45, 7) is 3.29. The van der Waals surface area contributed by atoms with E-state index in [-0.39, 0.29) is 11.3 Å². The summed E-state index contributed by atoms with van der Waals surface area (Å²) >= 11 is 0. The molecule has 0 fully saturated rings. The summed E-state index contributed by atoms with van der Waals surface area (Å²) in [7, 11) is 0. The van der Waals surface area contributed by atoms with Crippen molar-refractivity contribution in [3.63, 3.8) is 0 Å². The molecule has 0 bridgehead atoms. The lowest BCUT2D eigenvalue weighted by Gasteiger charge is -2.08. The highest BCUT2D eigenvalue weighted by Gasteiger charge is 2.17. The summed E-state index contributed by atoms with van der Waals surface area (Å²) in [5.74, 6) is -1.36. The molecule has 130 valence electrons. The summed E-state index contributed by atoms with van der Waals surface area (Å²) in [5.41, 5.74) is 7.53. The van der Waals surface area contributed by atoms with E-state index in [4.69, 9.17) is 10.5 Å². The van der Waals surface area contributed by atoms with Crippen LogP contribution in [0.2, 0.25) is 0 Å². The van der Waals surface area contributed by atoms with Gasteiger partial charge >= 0.3 is 5.97 Å². The molecule has 3 N–H and O–H groups in total. The first kappa shape index (κ1) is 17.9. The van der Waals surface area contributed by atoms with E-state index in [0.29, 0.717) is 5.69 Å². The average Bonchev–Trinajstić information content (AvgIpc) is 2.51. The van der Waals surface area contributed by atoms with E-state index in [1.54, 1.807) is 12.1 Å². The first-order valence-corrected chi connectivity index (χ1v) is 7.35. The Morgan fingerprint density at radius 2 is 1.80 bits per heavy atom. The van der Waals surface area contributed by atoms with Crippen LogP contribution in [0.25, 0.3) is 0 Å². The summed E-state index contributed by atoms with van der Waals surface area (Å²) in [6.07, 6.45) is 0. The van der Waals surface area contributed by atoms with Gasteiger partial charge in [0.2, 0.25) is 0 Å². The number of ether oxygens (including phenoxy) is 1. The van der Waals surface area contributed by atoms with E-state index < -0.39 is 29.1 Å². The zero-order valence-electron chi connectivity index (χ0n) is 13.7. The van der Waals surface area contributed by atoms with Crippen molar-refractivity contribution in [3.05, 3.63) is 63.2 Å². The Balaban J connectivity index is 1.98. The largest absolute Gasteiger partial charge is 0.452 e. The van der Waals surface area contributed by atoms with Gasteiger partial charge in [0, 0.05) is 11.8 Å². The molecule has 0 radical (unpaired) electrons. The van der Waals surface area contributed by atoms with E-state index in [2.05, 4.69) is 5.32 Å². The summed E-state index contributed by atoms with van der Waals surface area (Å²) in [4.78, 5) is 33.9. The Bertz CT molecular complexity index is 828. The second-order valence-electron chi connectivity index (χ2n) is 5.53. The van der Waals surface area contributed by atoms with E-state index in [1.807, 2.05) is 19.9 Å². The number of rotatable bonds is 5. The fourth-order valence-electron chi connectivity index (χ4n) is 2.29. The minimum Gasteiger partial charge on any atom is -0.452 e. The number of hydrogen-bond acceptors (Lipinski definition) is 6. The number of benzene rings is 2. The lowest BCUT2D eigenvalue weighted by molar-refractivity contribution is -0.383. The molecule has 0 saturated carbocycles. The van der Waals surface area contributed by atoms with Gasteiger partial charge in [-0.3, -0.25) is 14.9 Å². The van der Waals surface area contributed by atoms with Gasteiger partial charge in [0.15, 0.2) is 6.61 Å². The molecule has 0 heterocycles. The molecule has 8 heteroatoms. The van der Waals surface area contributed by atoms with Crippen molar-refractivity contribution in [2.24, 2.45) is 0 Å². The lowest BCUT2D eigenvalue weighted by Crippen LogP contribution is -2.21. The molecule has 2 rings (SSSR count). The maximum absolute atomic E-state index is 11.9. The van der Waals surface area contributed by atoms with Crippen LogP contribution in [-0.4, -0.2) is 23.4 Å². The zero-order chi connectivity index (χ0) is 18.6. The van der Waals surface area contributed by atoms with Crippen LogP contribution in [0.3, 0.4) is 0 Å². The smallest absolute Gasteiger partial charge is 0.338 e. The number of nitrogens with two attached hydrogens (primary N) is 1. The van der Waals surface area contributed by atoms with Gasteiger partial charge in [0.05, 0.1) is 10.5 Å². The average molecular weight is 343 g/mol. The van der Waals surface area contributed by atoms with Crippen molar-refractivity contribution in [2.75, 3.05) is 17.7 Å². The van der Waals surface area contributed by atoms with E-state index in [0.717, 1.165) is 17.2 Å². The first-order valence-electron chi connectivity index (χ1n) is 7.35. The number of nitrogen functional groups attached to an aromatic ring is 1. The van der Waals surface area contributed by atoms with Gasteiger partial charge in [0.1, 0.15) is 5.69 Å². The quantitative estimate of drug-likeness (QED) is 0.372. The molecule has 2 aromatic carbocycles. The standard InChI is InChI=1S/C17H17N3O5/c1-10-5-11(2)7-13(6-10)19-16(21)9-25-17(22)12-3-4-14(18)15(8-12)20(23)24/h3-8H,9,18H2,1-2H3,(H,19,21). The molecule has 8 nitrogen and oxygen atoms in total. The number of esters is 1. The number of carbonyl (C=O) groups excluding carboxylic acids is 2. The minimum atomic E-state index is -0.848. The molecular weight excluding hydrogens is 326 g/mol. The molecule has 0 saturated heterocycles. The van der Waals surface area contributed by atoms with Gasteiger partial charge in [-0.05, 0) is 49.2 Å². The van der Waals surface area contributed by atoms with Gasteiger partial charge in [-0.25, -0.2) is 4.79 Å². The molecule has 25 heavy (non-hydrogen) atoms. The van der Waals surface area contributed by atoms with E-state index in [9.17, 15) is 19.7 Å². The van der Waals surface area contributed by atoms with Crippen molar-refractivity contribution >= 4 is 28.9 Å². The Morgan fingerprint density at radius 3 is 2.40 bits per heavy atom. The molecule has 0 atom stereocenters. The highest BCUT2D eigenvalue weighted by molar-refractivity contribution is 5.96. The Hall–Kier alpha value is -3.42. The molecular formula is C17H17N3O5. The number of hydrogen-bond donors (Lipinski definition) is 2. The van der Waals surface area contributed by atoms with Gasteiger partial charge in [-0.15, -0.1) is 0 Å². The summed E-state index contributed by atoms with van der Waals surface area (Å²) in [6, 6.07) is 9.09. The van der Waals surface area contributed by atoms with Crippen molar-refractivity contribution in [2.45, 2.75) is 13.8 Å². The summed E-state index contributed by atoms with van der Waals surface area (Å²) in [5, 5.41) is 13.5. The monoisotopic (exact) mass is 343 g/mol. The predicted octanol–water partition coefficient (Wildman–Crippen LogP) is 2.59. The summed E-state index contributed by atoms with van der Waals surface area (Å²) < 4.78 is 4.88. The number of nitrogens with zero attached hydrogens (tertiary/aromatic N) is 1. The van der Waals surface area contributed by atoms with Crippen molar-refractivity contribution in [3.8, 4) is 0 Å². The second-order valence-corrected chi connectivity index (χ2v) is 5.53. The number of nitro groups is 1. The molecule has 1 amide bonds. The lowest BCUT2D eigenvalue weighted by atomic mass is 10.1. The van der Waals surface area contributed by atoms with Crippen LogP contribution in [0.15, 0.2) is 36.4 Å². The SMILES string of the molecule is Cc1cc(C)cc(NC(=O)COC(=O)c2ccc(N)c([N+](=O)[O-])c2)c1. The Morgan fingerprint density at radius 1 is 1.16 bits per heavy atom. The van der Waals surface area contributed by atoms with Crippen LogP contribution in [0, 0.1) is 24.0 Å². The Kier molecular flexibility index (Phi) is 5.33. The third-order valence-electron chi connectivity index (χ3n) is 3.30.